The van der Waals surface area contributed by atoms with Crippen LogP contribution in [0, 0.1) is 0 Å². The highest BCUT2D eigenvalue weighted by Gasteiger charge is 2.17. The van der Waals surface area contributed by atoms with Crippen molar-refractivity contribution in [2.75, 3.05) is 29.6 Å². The van der Waals surface area contributed by atoms with Crippen LogP contribution >= 0.6 is 0 Å². The fourth-order valence-electron chi connectivity index (χ4n) is 3.49. The van der Waals surface area contributed by atoms with Crippen molar-refractivity contribution in [3.63, 3.8) is 0 Å². The Labute approximate surface area is 153 Å². The normalized spacial score (nSPS) is 17.4. The van der Waals surface area contributed by atoms with E-state index in [1.165, 1.54) is 32.0 Å². The molecule has 0 unspecified atom stereocenters. The highest BCUT2D eigenvalue weighted by molar-refractivity contribution is 5.78. The van der Waals surface area contributed by atoms with Gasteiger partial charge in [0.05, 0.1) is 0 Å². The van der Waals surface area contributed by atoms with Crippen molar-refractivity contribution in [1.29, 1.82) is 0 Å². The maximum absolute atomic E-state index is 6.32. The van der Waals surface area contributed by atoms with Crippen LogP contribution in [-0.2, 0) is 0 Å². The van der Waals surface area contributed by atoms with Crippen LogP contribution in [0.15, 0.2) is 24.5 Å². The molecule has 7 nitrogen and oxygen atoms in total. The molecule has 2 aliphatic rings. The third-order valence-corrected chi connectivity index (χ3v) is 4.88. The summed E-state index contributed by atoms with van der Waals surface area (Å²) < 4.78 is 11.2. The van der Waals surface area contributed by atoms with Gasteiger partial charge in [-0.3, -0.25) is 0 Å². The Morgan fingerprint density at radius 3 is 2.46 bits per heavy atom. The number of fused-ring (bicyclic) bond motifs is 1. The summed E-state index contributed by atoms with van der Waals surface area (Å²) in [5, 5.41) is 6.77. The standard InChI is InChI=1S/C19H25N5O2/c20-17-18(23-13-5-3-1-2-4-6-13)21-12-22-19(17)24-14-7-8-15-16(11-14)26-10-9-25-15/h7-8,11-13H,1-6,9-10,20H2,(H2,21,22,23,24). The molecule has 138 valence electrons. The Morgan fingerprint density at radius 2 is 1.65 bits per heavy atom. The highest BCUT2D eigenvalue weighted by atomic mass is 16.6. The van der Waals surface area contributed by atoms with E-state index in [0.717, 1.165) is 30.0 Å². The molecule has 4 N–H and O–H groups in total. The van der Waals surface area contributed by atoms with Gasteiger partial charge in [0.15, 0.2) is 23.1 Å². The van der Waals surface area contributed by atoms with Gasteiger partial charge in [0, 0.05) is 17.8 Å². The maximum Gasteiger partial charge on any atom is 0.163 e. The molecule has 0 saturated heterocycles. The van der Waals surface area contributed by atoms with Gasteiger partial charge in [-0.25, -0.2) is 9.97 Å². The Hall–Kier alpha value is -2.70. The number of ether oxygens (including phenoxy) is 2. The third kappa shape index (κ3) is 3.76. The molecule has 1 fully saturated rings. The second-order valence-electron chi connectivity index (χ2n) is 6.80. The Balaban J connectivity index is 1.50. The van der Waals surface area contributed by atoms with Gasteiger partial charge in [-0.05, 0) is 25.0 Å². The summed E-state index contributed by atoms with van der Waals surface area (Å²) in [6.07, 6.45) is 9.00. The molecule has 0 spiro atoms. The van der Waals surface area contributed by atoms with Crippen LogP contribution in [0.25, 0.3) is 0 Å². The molecule has 2 aromatic rings. The average Bonchev–Trinajstić information content (AvgIpc) is 2.94. The van der Waals surface area contributed by atoms with Gasteiger partial charge in [-0.15, -0.1) is 0 Å². The lowest BCUT2D eigenvalue weighted by atomic mass is 10.1. The van der Waals surface area contributed by atoms with Crippen LogP contribution in [0.1, 0.15) is 38.5 Å². The molecule has 4 rings (SSSR count). The molecule has 1 aromatic heterocycles. The predicted molar refractivity (Wildman–Crippen MR) is 102 cm³/mol. The first kappa shape index (κ1) is 16.8. The molecule has 26 heavy (non-hydrogen) atoms. The number of nitrogens with zero attached hydrogens (tertiary/aromatic N) is 2. The molecule has 0 radical (unpaired) electrons. The fourth-order valence-corrected chi connectivity index (χ4v) is 3.49. The second kappa shape index (κ2) is 7.68. The first-order chi connectivity index (χ1) is 12.8. The van der Waals surface area contributed by atoms with Gasteiger partial charge in [0.1, 0.15) is 25.2 Å². The minimum atomic E-state index is 0.428. The van der Waals surface area contributed by atoms with E-state index in [4.69, 9.17) is 15.2 Å². The maximum atomic E-state index is 6.32. The van der Waals surface area contributed by atoms with Crippen molar-refractivity contribution in [2.24, 2.45) is 0 Å². The molecule has 1 aliphatic heterocycles. The van der Waals surface area contributed by atoms with Crippen molar-refractivity contribution < 1.29 is 9.47 Å². The lowest BCUT2D eigenvalue weighted by Gasteiger charge is -2.20. The summed E-state index contributed by atoms with van der Waals surface area (Å²) in [5.74, 6) is 2.78. The number of nitrogen functional groups attached to an aromatic ring is 1. The Morgan fingerprint density at radius 1 is 0.923 bits per heavy atom. The smallest absolute Gasteiger partial charge is 0.163 e. The summed E-state index contributed by atoms with van der Waals surface area (Å²) in [6, 6.07) is 6.14. The number of nitrogens with two attached hydrogens (primary N) is 1. The van der Waals surface area contributed by atoms with Gasteiger partial charge >= 0.3 is 0 Å². The van der Waals surface area contributed by atoms with E-state index in [2.05, 4.69) is 20.6 Å². The number of nitrogens with one attached hydrogen (secondary N) is 2. The molecule has 0 amide bonds. The van der Waals surface area contributed by atoms with Crippen molar-refractivity contribution >= 4 is 23.0 Å². The minimum absolute atomic E-state index is 0.428. The number of aromatic nitrogens is 2. The number of rotatable bonds is 4. The van der Waals surface area contributed by atoms with Crippen LogP contribution in [0.3, 0.4) is 0 Å². The fraction of sp³-hybridized carbons (Fsp3) is 0.474. The molecule has 2 heterocycles. The number of hydrogen-bond donors (Lipinski definition) is 3. The molecule has 1 aromatic carbocycles. The number of benzene rings is 1. The minimum Gasteiger partial charge on any atom is -0.486 e. The number of anilines is 4. The zero-order chi connectivity index (χ0) is 17.8. The summed E-state index contributed by atoms with van der Waals surface area (Å²) in [4.78, 5) is 8.64. The molecular weight excluding hydrogens is 330 g/mol. The van der Waals surface area contributed by atoms with E-state index in [-0.39, 0.29) is 0 Å². The zero-order valence-corrected chi connectivity index (χ0v) is 14.8. The first-order valence-electron chi connectivity index (χ1n) is 9.33. The van der Waals surface area contributed by atoms with E-state index in [1.807, 2.05) is 18.2 Å². The van der Waals surface area contributed by atoms with Crippen molar-refractivity contribution in [3.8, 4) is 11.5 Å². The van der Waals surface area contributed by atoms with Crippen LogP contribution < -0.4 is 25.8 Å². The molecule has 1 aliphatic carbocycles. The SMILES string of the molecule is Nc1c(Nc2ccc3c(c2)OCCO3)ncnc1NC1CCCCCC1. The van der Waals surface area contributed by atoms with Crippen molar-refractivity contribution in [3.05, 3.63) is 24.5 Å². The topological polar surface area (TPSA) is 94.3 Å². The lowest BCUT2D eigenvalue weighted by molar-refractivity contribution is 0.171. The van der Waals surface area contributed by atoms with E-state index < -0.39 is 0 Å². The van der Waals surface area contributed by atoms with E-state index in [9.17, 15) is 0 Å². The largest absolute Gasteiger partial charge is 0.486 e. The molecule has 1 saturated carbocycles. The number of hydrogen-bond acceptors (Lipinski definition) is 7. The van der Waals surface area contributed by atoms with E-state index >= 15 is 0 Å². The average molecular weight is 355 g/mol. The summed E-state index contributed by atoms with van der Waals surface area (Å²) in [5.41, 5.74) is 7.70. The quantitative estimate of drug-likeness (QED) is 0.720. The molecule has 7 heteroatoms. The van der Waals surface area contributed by atoms with Crippen LogP contribution in [0.5, 0.6) is 11.5 Å². The predicted octanol–water partition coefficient (Wildman–Crippen LogP) is 3.71. The van der Waals surface area contributed by atoms with Crippen LogP contribution in [0.2, 0.25) is 0 Å². The first-order valence-corrected chi connectivity index (χ1v) is 9.33. The van der Waals surface area contributed by atoms with Crippen molar-refractivity contribution in [1.82, 2.24) is 9.97 Å². The summed E-state index contributed by atoms with van der Waals surface area (Å²) in [7, 11) is 0. The van der Waals surface area contributed by atoms with Gasteiger partial charge in [0.25, 0.3) is 0 Å². The van der Waals surface area contributed by atoms with Crippen LogP contribution in [0.4, 0.5) is 23.0 Å². The van der Waals surface area contributed by atoms with Gasteiger partial charge in [-0.2, -0.15) is 0 Å². The van der Waals surface area contributed by atoms with E-state index in [1.54, 1.807) is 0 Å². The summed E-state index contributed by atoms with van der Waals surface area (Å²) >= 11 is 0. The monoisotopic (exact) mass is 355 g/mol. The molecular formula is C19H25N5O2. The lowest BCUT2D eigenvalue weighted by Crippen LogP contribution is -2.20. The second-order valence-corrected chi connectivity index (χ2v) is 6.80. The van der Waals surface area contributed by atoms with Gasteiger partial charge < -0.3 is 25.8 Å². The third-order valence-electron chi connectivity index (χ3n) is 4.88. The van der Waals surface area contributed by atoms with Crippen LogP contribution in [-0.4, -0.2) is 29.2 Å². The zero-order valence-electron chi connectivity index (χ0n) is 14.8. The molecule has 0 atom stereocenters. The Bertz CT molecular complexity index is 760. The van der Waals surface area contributed by atoms with Gasteiger partial charge in [-0.1, -0.05) is 25.7 Å². The van der Waals surface area contributed by atoms with Crippen molar-refractivity contribution in [2.45, 2.75) is 44.6 Å². The van der Waals surface area contributed by atoms with Gasteiger partial charge in [0.2, 0.25) is 0 Å². The molecule has 0 bridgehead atoms. The summed E-state index contributed by atoms with van der Waals surface area (Å²) in [6.45, 7) is 1.14. The van der Waals surface area contributed by atoms with E-state index in [0.29, 0.717) is 36.6 Å². The Kier molecular flexibility index (Phi) is 4.95. The highest BCUT2D eigenvalue weighted by Crippen LogP contribution is 2.35.